The lowest BCUT2D eigenvalue weighted by Crippen LogP contribution is -2.60. The Labute approximate surface area is 203 Å². The highest BCUT2D eigenvalue weighted by Gasteiger charge is 2.44. The van der Waals surface area contributed by atoms with Gasteiger partial charge in [0.15, 0.2) is 5.82 Å². The van der Waals surface area contributed by atoms with Crippen molar-refractivity contribution in [2.45, 2.75) is 12.8 Å². The van der Waals surface area contributed by atoms with E-state index in [9.17, 15) is 4.79 Å². The lowest BCUT2D eigenvalue weighted by Gasteiger charge is -2.54. The van der Waals surface area contributed by atoms with Gasteiger partial charge in [0, 0.05) is 54.5 Å². The fourth-order valence-corrected chi connectivity index (χ4v) is 5.11. The molecule has 1 amide bonds. The quantitative estimate of drug-likeness (QED) is 0.492. The maximum Gasteiger partial charge on any atom is 0.257 e. The van der Waals surface area contributed by atoms with Crippen molar-refractivity contribution in [2.75, 3.05) is 43.4 Å². The molecule has 9 nitrogen and oxygen atoms in total. The number of pyridine rings is 1. The van der Waals surface area contributed by atoms with Crippen molar-refractivity contribution in [1.29, 1.82) is 0 Å². The lowest BCUT2D eigenvalue weighted by atomic mass is 9.72. The molecule has 1 N–H and O–H groups in total. The van der Waals surface area contributed by atoms with Gasteiger partial charge in [0.1, 0.15) is 5.82 Å². The Balaban J connectivity index is 1.17. The molecule has 35 heavy (non-hydrogen) atoms. The number of benzene rings is 1. The number of nitrogens with zero attached hydrogens (tertiary/aromatic N) is 7. The molecule has 0 unspecified atom stereocenters. The van der Waals surface area contributed by atoms with Crippen LogP contribution in [0.4, 0.5) is 11.6 Å². The molecule has 0 saturated carbocycles. The molecule has 0 bridgehead atoms. The molecular weight excluding hydrogens is 440 g/mol. The Morgan fingerprint density at radius 3 is 2.60 bits per heavy atom. The van der Waals surface area contributed by atoms with Gasteiger partial charge in [-0.25, -0.2) is 4.98 Å². The minimum absolute atomic E-state index is 0.222. The van der Waals surface area contributed by atoms with Gasteiger partial charge in [0.25, 0.3) is 5.91 Å². The van der Waals surface area contributed by atoms with Crippen LogP contribution >= 0.6 is 0 Å². The van der Waals surface area contributed by atoms with Crippen LogP contribution in [0.3, 0.4) is 0 Å². The van der Waals surface area contributed by atoms with Gasteiger partial charge in [-0.05, 0) is 68.9 Å². The third-order valence-electron chi connectivity index (χ3n) is 7.30. The van der Waals surface area contributed by atoms with Gasteiger partial charge in [-0.3, -0.25) is 9.48 Å². The van der Waals surface area contributed by atoms with Crippen molar-refractivity contribution in [3.8, 4) is 11.1 Å². The van der Waals surface area contributed by atoms with Crippen molar-refractivity contribution < 1.29 is 4.79 Å². The number of anilines is 2. The Morgan fingerprint density at radius 2 is 1.83 bits per heavy atom. The molecule has 6 rings (SSSR count). The molecule has 0 radical (unpaired) electrons. The first kappa shape index (κ1) is 21.7. The topological polar surface area (TPSA) is 92.1 Å². The van der Waals surface area contributed by atoms with Crippen LogP contribution in [0.2, 0.25) is 0 Å². The third-order valence-corrected chi connectivity index (χ3v) is 7.30. The molecule has 4 aromatic rings. The number of piperidine rings is 1. The first-order chi connectivity index (χ1) is 17.0. The first-order valence-electron chi connectivity index (χ1n) is 11.9. The number of likely N-dealkylation sites (tertiary alicyclic amines) is 1. The van der Waals surface area contributed by atoms with Crippen molar-refractivity contribution in [2.24, 2.45) is 12.5 Å². The van der Waals surface area contributed by atoms with Crippen molar-refractivity contribution >= 4 is 28.4 Å². The largest absolute Gasteiger partial charge is 0.355 e. The Bertz CT molecular complexity index is 1400. The molecule has 1 spiro atoms. The van der Waals surface area contributed by atoms with Crippen LogP contribution in [-0.4, -0.2) is 69.0 Å². The highest BCUT2D eigenvalue weighted by atomic mass is 16.1. The Hall–Kier alpha value is -3.85. The molecule has 0 aliphatic carbocycles. The van der Waals surface area contributed by atoms with Crippen molar-refractivity contribution in [3.63, 3.8) is 0 Å². The predicted octanol–water partition coefficient (Wildman–Crippen LogP) is 3.21. The molecule has 178 valence electrons. The second-order valence-corrected chi connectivity index (χ2v) is 9.92. The zero-order valence-corrected chi connectivity index (χ0v) is 20.0. The fourth-order valence-electron chi connectivity index (χ4n) is 5.11. The maximum atomic E-state index is 13.0. The minimum atomic E-state index is -0.222. The standard InChI is InChI=1S/C26H28N8O/c1-32-9-6-26(7-10-32)16-34(17-26)24-13-19(5-8-27-24)25(35)29-23-12-20-11-18(3-4-22(20)30-31-23)21-14-28-33(2)15-21/h3-5,8,11-15H,6-7,9-10,16-17H2,1-2H3,(H,29,31,35). The first-order valence-corrected chi connectivity index (χ1v) is 11.9. The minimum Gasteiger partial charge on any atom is -0.355 e. The Kier molecular flexibility index (Phi) is 5.21. The average molecular weight is 469 g/mol. The SMILES string of the molecule is CN1CCC2(CC1)CN(c1cc(C(=O)Nc3cc4cc(-c5cnn(C)c5)ccc4nn3)ccn1)C2. The number of rotatable bonds is 4. The van der Waals surface area contributed by atoms with Gasteiger partial charge in [0.2, 0.25) is 0 Å². The smallest absolute Gasteiger partial charge is 0.257 e. The summed E-state index contributed by atoms with van der Waals surface area (Å²) in [7, 11) is 4.08. The summed E-state index contributed by atoms with van der Waals surface area (Å²) in [5, 5.41) is 16.5. The molecule has 9 heteroatoms. The highest BCUT2D eigenvalue weighted by molar-refractivity contribution is 6.04. The summed E-state index contributed by atoms with van der Waals surface area (Å²) < 4.78 is 1.77. The summed E-state index contributed by atoms with van der Waals surface area (Å²) in [6.07, 6.45) is 7.95. The monoisotopic (exact) mass is 468 g/mol. The summed E-state index contributed by atoms with van der Waals surface area (Å²) in [4.78, 5) is 22.2. The second-order valence-electron chi connectivity index (χ2n) is 9.92. The molecule has 2 saturated heterocycles. The summed E-state index contributed by atoms with van der Waals surface area (Å²) in [5.74, 6) is 1.05. The summed E-state index contributed by atoms with van der Waals surface area (Å²) in [5.41, 5.74) is 3.79. The number of carbonyl (C=O) groups is 1. The van der Waals surface area contributed by atoms with Crippen molar-refractivity contribution in [1.82, 2.24) is 29.9 Å². The van der Waals surface area contributed by atoms with Crippen LogP contribution in [0.5, 0.6) is 0 Å². The van der Waals surface area contributed by atoms with E-state index in [1.54, 1.807) is 16.9 Å². The molecule has 1 aromatic carbocycles. The van der Waals surface area contributed by atoms with E-state index >= 15 is 0 Å². The molecular formula is C26H28N8O. The van der Waals surface area contributed by atoms with E-state index in [1.807, 2.05) is 49.8 Å². The van der Waals surface area contributed by atoms with Gasteiger partial charge >= 0.3 is 0 Å². The molecule has 3 aromatic heterocycles. The third kappa shape index (κ3) is 4.23. The summed E-state index contributed by atoms with van der Waals surface area (Å²) in [6, 6.07) is 11.4. The highest BCUT2D eigenvalue weighted by Crippen LogP contribution is 2.41. The van der Waals surface area contributed by atoms with Gasteiger partial charge in [0.05, 0.1) is 11.7 Å². The van der Waals surface area contributed by atoms with Crippen LogP contribution < -0.4 is 10.2 Å². The summed E-state index contributed by atoms with van der Waals surface area (Å²) >= 11 is 0. The van der Waals surface area contributed by atoms with Crippen LogP contribution in [0.25, 0.3) is 22.0 Å². The number of aromatic nitrogens is 5. The Morgan fingerprint density at radius 1 is 1.00 bits per heavy atom. The second kappa shape index (κ2) is 8.42. The molecule has 5 heterocycles. The normalized spacial score (nSPS) is 17.5. The summed E-state index contributed by atoms with van der Waals surface area (Å²) in [6.45, 7) is 4.32. The zero-order chi connectivity index (χ0) is 24.0. The van der Waals surface area contributed by atoms with Gasteiger partial charge in [-0.1, -0.05) is 6.07 Å². The molecule has 2 fully saturated rings. The van der Waals surface area contributed by atoms with E-state index in [0.29, 0.717) is 16.8 Å². The number of amides is 1. The van der Waals surface area contributed by atoms with E-state index < -0.39 is 0 Å². The van der Waals surface area contributed by atoms with E-state index in [1.165, 1.54) is 12.8 Å². The number of hydrogen-bond donors (Lipinski definition) is 1. The number of hydrogen-bond acceptors (Lipinski definition) is 7. The number of nitrogens with one attached hydrogen (secondary N) is 1. The van der Waals surface area contributed by atoms with E-state index in [2.05, 4.69) is 42.4 Å². The average Bonchev–Trinajstić information content (AvgIpc) is 3.29. The van der Waals surface area contributed by atoms with Crippen LogP contribution in [0.1, 0.15) is 23.2 Å². The maximum absolute atomic E-state index is 13.0. The predicted molar refractivity (Wildman–Crippen MR) is 135 cm³/mol. The fraction of sp³-hybridized carbons (Fsp3) is 0.346. The molecule has 0 atom stereocenters. The van der Waals surface area contributed by atoms with E-state index in [4.69, 9.17) is 0 Å². The van der Waals surface area contributed by atoms with E-state index in [0.717, 1.165) is 54.0 Å². The van der Waals surface area contributed by atoms with Crippen LogP contribution in [-0.2, 0) is 7.05 Å². The molecule has 2 aliphatic heterocycles. The van der Waals surface area contributed by atoms with Crippen molar-refractivity contribution in [3.05, 3.63) is 60.6 Å². The van der Waals surface area contributed by atoms with Gasteiger partial charge in [-0.15, -0.1) is 10.2 Å². The lowest BCUT2D eigenvalue weighted by molar-refractivity contribution is 0.0900. The number of aryl methyl sites for hydroxylation is 1. The number of fused-ring (bicyclic) bond motifs is 1. The number of carbonyl (C=O) groups excluding carboxylic acids is 1. The zero-order valence-electron chi connectivity index (χ0n) is 20.0. The van der Waals surface area contributed by atoms with Gasteiger partial charge in [-0.2, -0.15) is 5.10 Å². The van der Waals surface area contributed by atoms with Gasteiger partial charge < -0.3 is 15.1 Å². The molecule has 2 aliphatic rings. The van der Waals surface area contributed by atoms with Crippen LogP contribution in [0, 0.1) is 5.41 Å². The van der Waals surface area contributed by atoms with Crippen LogP contribution in [0.15, 0.2) is 55.0 Å². The van der Waals surface area contributed by atoms with E-state index in [-0.39, 0.29) is 5.91 Å².